The molecule has 178 valence electrons. The number of carbonyl (C=O) groups excluding carboxylic acids is 1. The highest BCUT2D eigenvalue weighted by atomic mass is 32.1. The number of likely N-dealkylation sites (tertiary alicyclic amines) is 1. The molecule has 3 atom stereocenters. The molecule has 0 bridgehead atoms. The fourth-order valence-electron chi connectivity index (χ4n) is 4.34. The first-order chi connectivity index (χ1) is 15.9. The number of aliphatic hydroxyl groups excluding tert-OH is 1. The van der Waals surface area contributed by atoms with Gasteiger partial charge < -0.3 is 15.1 Å². The predicted molar refractivity (Wildman–Crippen MR) is 133 cm³/mol. The fourth-order valence-corrected chi connectivity index (χ4v) is 5.23. The molecule has 1 aromatic heterocycles. The van der Waals surface area contributed by atoms with E-state index in [-0.39, 0.29) is 17.9 Å². The first-order valence-corrected chi connectivity index (χ1v) is 12.8. The number of amides is 1. The van der Waals surface area contributed by atoms with Crippen LogP contribution in [-0.2, 0) is 17.6 Å². The third kappa shape index (κ3) is 7.83. The molecule has 1 saturated heterocycles. The Hall–Kier alpha value is -2.44. The van der Waals surface area contributed by atoms with E-state index in [0.717, 1.165) is 49.8 Å². The summed E-state index contributed by atoms with van der Waals surface area (Å²) in [6.07, 6.45) is 10.5. The standard InChI is InChI=1S/C27H35NO4S/c1-20(8-5-6-11-21-9-3-2-4-10-21)24(29)16-13-22-14-18-26(30)28(22)19-7-12-23-15-17-25(33-23)27(31)32/h2-4,9-10,13,15-17,20,22,24,29H,5-8,11-12,14,18-19H2,1H3,(H,31,32)/b16-13+/t20-,22-,24-/m0/s1. The molecule has 0 aliphatic carbocycles. The van der Waals surface area contributed by atoms with E-state index in [1.165, 1.54) is 16.9 Å². The zero-order valence-corrected chi connectivity index (χ0v) is 20.2. The molecular formula is C27H35NO4S. The van der Waals surface area contributed by atoms with Crippen molar-refractivity contribution in [3.8, 4) is 0 Å². The van der Waals surface area contributed by atoms with Crippen LogP contribution in [0.25, 0.3) is 0 Å². The van der Waals surface area contributed by atoms with Gasteiger partial charge in [-0.05, 0) is 62.1 Å². The number of carboxylic acids is 1. The zero-order chi connectivity index (χ0) is 23.6. The van der Waals surface area contributed by atoms with E-state index < -0.39 is 12.1 Å². The van der Waals surface area contributed by atoms with Crippen LogP contribution in [-0.4, -0.2) is 45.7 Å². The van der Waals surface area contributed by atoms with E-state index in [4.69, 9.17) is 5.11 Å². The molecule has 1 aliphatic rings. The van der Waals surface area contributed by atoms with Crippen molar-refractivity contribution >= 4 is 23.2 Å². The molecule has 1 amide bonds. The van der Waals surface area contributed by atoms with E-state index >= 15 is 0 Å². The number of benzene rings is 1. The van der Waals surface area contributed by atoms with Gasteiger partial charge in [0, 0.05) is 17.8 Å². The fraction of sp³-hybridized carbons (Fsp3) is 0.481. The molecule has 1 fully saturated rings. The summed E-state index contributed by atoms with van der Waals surface area (Å²) in [5.74, 6) is -0.550. The summed E-state index contributed by atoms with van der Waals surface area (Å²) < 4.78 is 0. The first kappa shape index (κ1) is 25.2. The number of hydrogen-bond donors (Lipinski definition) is 2. The van der Waals surface area contributed by atoms with Gasteiger partial charge in [-0.25, -0.2) is 4.79 Å². The molecule has 2 heterocycles. The molecule has 0 saturated carbocycles. The lowest BCUT2D eigenvalue weighted by molar-refractivity contribution is -0.128. The van der Waals surface area contributed by atoms with Crippen LogP contribution in [0.4, 0.5) is 0 Å². The minimum Gasteiger partial charge on any atom is -0.477 e. The van der Waals surface area contributed by atoms with Crippen LogP contribution in [0, 0.1) is 5.92 Å². The number of aliphatic hydroxyl groups is 1. The molecule has 33 heavy (non-hydrogen) atoms. The second kappa shape index (κ2) is 12.7. The summed E-state index contributed by atoms with van der Waals surface area (Å²) >= 11 is 1.30. The lowest BCUT2D eigenvalue weighted by Gasteiger charge is -2.23. The van der Waals surface area contributed by atoms with E-state index in [0.29, 0.717) is 17.8 Å². The van der Waals surface area contributed by atoms with Crippen molar-refractivity contribution in [2.75, 3.05) is 6.54 Å². The van der Waals surface area contributed by atoms with Gasteiger partial charge in [-0.15, -0.1) is 11.3 Å². The lowest BCUT2D eigenvalue weighted by atomic mass is 9.95. The number of hydrogen-bond acceptors (Lipinski definition) is 4. The van der Waals surface area contributed by atoms with Crippen LogP contribution in [0.2, 0.25) is 0 Å². The Morgan fingerprint density at radius 2 is 1.94 bits per heavy atom. The van der Waals surface area contributed by atoms with Crippen molar-refractivity contribution in [1.29, 1.82) is 0 Å². The number of aromatic carboxylic acids is 1. The predicted octanol–water partition coefficient (Wildman–Crippen LogP) is 5.34. The number of carbonyl (C=O) groups is 2. The maximum atomic E-state index is 12.3. The van der Waals surface area contributed by atoms with Gasteiger partial charge in [-0.3, -0.25) is 4.79 Å². The van der Waals surface area contributed by atoms with Gasteiger partial charge in [0.05, 0.1) is 12.1 Å². The van der Waals surface area contributed by atoms with Gasteiger partial charge in [-0.2, -0.15) is 0 Å². The summed E-state index contributed by atoms with van der Waals surface area (Å²) in [5.41, 5.74) is 1.36. The van der Waals surface area contributed by atoms with Crippen molar-refractivity contribution in [2.24, 2.45) is 5.92 Å². The van der Waals surface area contributed by atoms with Crippen molar-refractivity contribution in [1.82, 2.24) is 4.90 Å². The van der Waals surface area contributed by atoms with Crippen LogP contribution < -0.4 is 0 Å². The molecule has 0 radical (unpaired) electrons. The van der Waals surface area contributed by atoms with Gasteiger partial charge >= 0.3 is 5.97 Å². The average Bonchev–Trinajstić information content (AvgIpc) is 3.43. The number of thiophene rings is 1. The molecule has 6 heteroatoms. The van der Waals surface area contributed by atoms with E-state index in [2.05, 4.69) is 31.2 Å². The van der Waals surface area contributed by atoms with Crippen molar-refractivity contribution in [2.45, 2.75) is 70.4 Å². The van der Waals surface area contributed by atoms with Gasteiger partial charge in [-0.1, -0.05) is 55.8 Å². The summed E-state index contributed by atoms with van der Waals surface area (Å²) in [4.78, 5) is 26.7. The van der Waals surface area contributed by atoms with E-state index in [1.807, 2.05) is 29.2 Å². The van der Waals surface area contributed by atoms with Crippen molar-refractivity contribution < 1.29 is 19.8 Å². The summed E-state index contributed by atoms with van der Waals surface area (Å²) in [6.45, 7) is 2.74. The average molecular weight is 470 g/mol. The van der Waals surface area contributed by atoms with Crippen LogP contribution in [0.5, 0.6) is 0 Å². The normalized spacial score (nSPS) is 18.2. The molecule has 1 aromatic carbocycles. The van der Waals surface area contributed by atoms with Crippen LogP contribution in [0.15, 0.2) is 54.6 Å². The summed E-state index contributed by atoms with van der Waals surface area (Å²) in [5, 5.41) is 19.6. The Kier molecular flexibility index (Phi) is 9.70. The van der Waals surface area contributed by atoms with Gasteiger partial charge in [0.25, 0.3) is 0 Å². The molecular weight excluding hydrogens is 434 g/mol. The molecule has 2 aromatic rings. The van der Waals surface area contributed by atoms with Crippen molar-refractivity contribution in [3.05, 3.63) is 69.9 Å². The zero-order valence-electron chi connectivity index (χ0n) is 19.4. The summed E-state index contributed by atoms with van der Waals surface area (Å²) in [6, 6.07) is 14.0. The highest BCUT2D eigenvalue weighted by Gasteiger charge is 2.28. The SMILES string of the molecule is C[C@@H](CCCCc1ccccc1)[C@@H](O)/C=C/[C@H]1CCC(=O)N1CCCc1ccc(C(=O)O)s1. The van der Waals surface area contributed by atoms with Crippen molar-refractivity contribution in [3.63, 3.8) is 0 Å². The lowest BCUT2D eigenvalue weighted by Crippen LogP contribution is -2.33. The number of nitrogens with zero attached hydrogens (tertiary/aromatic N) is 1. The second-order valence-electron chi connectivity index (χ2n) is 8.95. The number of unbranched alkanes of at least 4 members (excludes halogenated alkanes) is 1. The number of aryl methyl sites for hydroxylation is 2. The Morgan fingerprint density at radius 1 is 1.15 bits per heavy atom. The van der Waals surface area contributed by atoms with Crippen LogP contribution in [0.1, 0.15) is 65.6 Å². The Morgan fingerprint density at radius 3 is 2.67 bits per heavy atom. The van der Waals surface area contributed by atoms with Gasteiger partial charge in [0.1, 0.15) is 4.88 Å². The van der Waals surface area contributed by atoms with Crippen LogP contribution >= 0.6 is 11.3 Å². The maximum absolute atomic E-state index is 12.3. The van der Waals surface area contributed by atoms with Crippen LogP contribution in [0.3, 0.4) is 0 Å². The number of rotatable bonds is 13. The second-order valence-corrected chi connectivity index (χ2v) is 10.1. The van der Waals surface area contributed by atoms with Gasteiger partial charge in [0.2, 0.25) is 5.91 Å². The third-order valence-corrected chi connectivity index (χ3v) is 7.53. The quantitative estimate of drug-likeness (QED) is 0.307. The first-order valence-electron chi connectivity index (χ1n) is 12.0. The molecule has 3 rings (SSSR count). The highest BCUT2D eigenvalue weighted by Crippen LogP contribution is 2.23. The van der Waals surface area contributed by atoms with Gasteiger partial charge in [0.15, 0.2) is 0 Å². The molecule has 0 spiro atoms. The minimum absolute atomic E-state index is 0.0374. The third-order valence-electron chi connectivity index (χ3n) is 6.40. The topological polar surface area (TPSA) is 77.8 Å². The monoisotopic (exact) mass is 469 g/mol. The molecule has 0 unspecified atom stereocenters. The smallest absolute Gasteiger partial charge is 0.345 e. The van der Waals surface area contributed by atoms with E-state index in [1.54, 1.807) is 6.07 Å². The summed E-state index contributed by atoms with van der Waals surface area (Å²) in [7, 11) is 0. The Balaban J connectivity index is 1.40. The number of carboxylic acid groups (broad SMARTS) is 1. The Bertz CT molecular complexity index is 923. The minimum atomic E-state index is -0.893. The molecule has 2 N–H and O–H groups in total. The molecule has 5 nitrogen and oxygen atoms in total. The highest BCUT2D eigenvalue weighted by molar-refractivity contribution is 7.13. The Labute approximate surface area is 200 Å². The molecule has 1 aliphatic heterocycles. The van der Waals surface area contributed by atoms with E-state index in [9.17, 15) is 14.7 Å². The maximum Gasteiger partial charge on any atom is 0.345 e. The largest absolute Gasteiger partial charge is 0.477 e.